The van der Waals surface area contributed by atoms with Gasteiger partial charge in [-0.05, 0) is 23.6 Å². The van der Waals surface area contributed by atoms with Crippen LogP contribution < -0.4 is 10.9 Å². The zero-order valence-electron chi connectivity index (χ0n) is 23.5. The Morgan fingerprint density at radius 2 is 1.25 bits per heavy atom. The molecule has 40 heavy (non-hydrogen) atoms. The van der Waals surface area contributed by atoms with Gasteiger partial charge in [0.25, 0.3) is 0 Å². The van der Waals surface area contributed by atoms with Gasteiger partial charge in [-0.2, -0.15) is 0 Å². The van der Waals surface area contributed by atoms with Crippen LogP contribution in [0.4, 0.5) is 0 Å². The van der Waals surface area contributed by atoms with Gasteiger partial charge in [0.05, 0.1) is 21.0 Å². The quantitative estimate of drug-likeness (QED) is 0.144. The molecule has 4 heteroatoms. The summed E-state index contributed by atoms with van der Waals surface area (Å²) in [5.41, 5.74) is 5.64. The summed E-state index contributed by atoms with van der Waals surface area (Å²) in [6, 6.07) is 44.7. The van der Waals surface area contributed by atoms with Crippen LogP contribution in [0.2, 0.25) is 11.9 Å². The first-order chi connectivity index (χ1) is 19.8. The van der Waals surface area contributed by atoms with Crippen molar-refractivity contribution in [1.29, 1.82) is 0 Å². The molecule has 0 aliphatic heterocycles. The molecule has 0 saturated heterocycles. The Morgan fingerprint density at radius 3 is 1.68 bits per heavy atom. The minimum atomic E-state index is -0.531. The second-order valence-corrected chi connectivity index (χ2v) is 12.7. The molecule has 200 valence electrons. The van der Waals surface area contributed by atoms with E-state index in [1.54, 1.807) is 0 Å². The highest BCUT2D eigenvalue weighted by Crippen LogP contribution is 2.38. The fourth-order valence-electron chi connectivity index (χ4n) is 5.86. The fourth-order valence-corrected chi connectivity index (χ4v) is 8.17. The zero-order chi connectivity index (χ0) is 27.5. The standard InChI is InChI=1S/C21H24N2Si.C15H15B/c1-2-3-10-17-24-21(23-16-15-22-18-23,19-11-6-4-7-12-19)20-13-8-5-9-14-20;1-3-7-13(8-4-1)16(15-11-12-15)14-9-5-2-6-10-14/h3-16,18H,2,17,24H2,1H3;1-10,15H,11-12H2. The van der Waals surface area contributed by atoms with Gasteiger partial charge in [-0.15, -0.1) is 0 Å². The van der Waals surface area contributed by atoms with E-state index in [1.807, 2.05) is 12.5 Å². The number of hydrogen-bond acceptors (Lipinski definition) is 1. The van der Waals surface area contributed by atoms with E-state index >= 15 is 0 Å². The number of rotatable bonds is 10. The van der Waals surface area contributed by atoms with Gasteiger partial charge in [0.2, 0.25) is 6.71 Å². The number of aromatic nitrogens is 2. The lowest BCUT2D eigenvalue weighted by Crippen LogP contribution is -2.42. The molecule has 1 heterocycles. The Labute approximate surface area is 242 Å². The number of allylic oxidation sites excluding steroid dienone is 2. The Hall–Kier alpha value is -3.89. The largest absolute Gasteiger partial charge is 0.327 e. The number of nitrogens with zero attached hydrogens (tertiary/aromatic N) is 2. The molecule has 0 spiro atoms. The Kier molecular flexibility index (Phi) is 9.65. The van der Waals surface area contributed by atoms with E-state index in [-0.39, 0.29) is 5.16 Å². The SMILES string of the molecule is CCC=CC[SiH2]C(c1ccccc1)(c1ccccc1)n1ccnc1.c1ccc(B(c2ccccc2)C2CC2)cc1. The predicted octanol–water partition coefficient (Wildman–Crippen LogP) is 6.65. The van der Waals surface area contributed by atoms with E-state index in [1.165, 1.54) is 34.9 Å². The van der Waals surface area contributed by atoms with Crippen molar-refractivity contribution in [3.63, 3.8) is 0 Å². The van der Waals surface area contributed by atoms with Crippen LogP contribution in [0.3, 0.4) is 0 Å². The zero-order valence-corrected chi connectivity index (χ0v) is 24.9. The molecule has 5 aromatic rings. The van der Waals surface area contributed by atoms with Crippen LogP contribution in [0.1, 0.15) is 37.3 Å². The van der Waals surface area contributed by atoms with Crippen LogP contribution in [-0.2, 0) is 5.16 Å². The van der Waals surface area contributed by atoms with Crippen LogP contribution in [0, 0.1) is 0 Å². The van der Waals surface area contributed by atoms with Gasteiger partial charge in [-0.3, -0.25) is 0 Å². The molecule has 2 nitrogen and oxygen atoms in total. The minimum absolute atomic E-state index is 0.100. The molecule has 0 amide bonds. The molecule has 0 bridgehead atoms. The van der Waals surface area contributed by atoms with Crippen LogP contribution in [-0.4, -0.2) is 25.8 Å². The van der Waals surface area contributed by atoms with Crippen molar-refractivity contribution in [3.05, 3.63) is 163 Å². The normalized spacial score (nSPS) is 13.3. The highest BCUT2D eigenvalue weighted by atomic mass is 28.2. The van der Waals surface area contributed by atoms with Crippen molar-refractivity contribution in [2.45, 2.75) is 43.2 Å². The van der Waals surface area contributed by atoms with Crippen molar-refractivity contribution in [3.8, 4) is 0 Å². The van der Waals surface area contributed by atoms with Crippen molar-refractivity contribution < 1.29 is 0 Å². The van der Waals surface area contributed by atoms with Crippen LogP contribution >= 0.6 is 0 Å². The summed E-state index contributed by atoms with van der Waals surface area (Å²) in [7, 11) is -0.531. The molecular weight excluding hydrogens is 499 g/mol. The minimum Gasteiger partial charge on any atom is -0.327 e. The van der Waals surface area contributed by atoms with Crippen molar-refractivity contribution in [2.24, 2.45) is 0 Å². The monoisotopic (exact) mass is 538 g/mol. The van der Waals surface area contributed by atoms with Gasteiger partial charge in [-0.1, -0.05) is 170 Å². The van der Waals surface area contributed by atoms with Gasteiger partial charge in [0.1, 0.15) is 0 Å². The van der Waals surface area contributed by atoms with Gasteiger partial charge in [-0.25, -0.2) is 4.98 Å². The van der Waals surface area contributed by atoms with E-state index in [9.17, 15) is 0 Å². The third kappa shape index (κ3) is 6.63. The van der Waals surface area contributed by atoms with Gasteiger partial charge in [0.15, 0.2) is 0 Å². The molecular formula is C36H39BN2Si. The molecule has 0 atom stereocenters. The first-order valence-electron chi connectivity index (χ1n) is 14.7. The average Bonchev–Trinajstić information content (AvgIpc) is 3.70. The molecule has 1 aliphatic carbocycles. The van der Waals surface area contributed by atoms with Crippen LogP contribution in [0.5, 0.6) is 0 Å². The molecule has 1 fully saturated rings. The van der Waals surface area contributed by atoms with Crippen molar-refractivity contribution in [1.82, 2.24) is 9.55 Å². The van der Waals surface area contributed by atoms with Crippen molar-refractivity contribution >= 4 is 27.2 Å². The molecule has 0 N–H and O–H groups in total. The van der Waals surface area contributed by atoms with E-state index in [0.29, 0.717) is 6.71 Å². The van der Waals surface area contributed by atoms with E-state index in [4.69, 9.17) is 0 Å². The second-order valence-electron chi connectivity index (χ2n) is 10.6. The molecule has 1 aliphatic rings. The van der Waals surface area contributed by atoms with Gasteiger partial charge in [0, 0.05) is 12.4 Å². The van der Waals surface area contributed by atoms with Crippen molar-refractivity contribution in [2.75, 3.05) is 0 Å². The third-order valence-electron chi connectivity index (χ3n) is 7.93. The summed E-state index contributed by atoms with van der Waals surface area (Å²) in [6.45, 7) is 2.80. The van der Waals surface area contributed by atoms with Crippen LogP contribution in [0.15, 0.2) is 152 Å². The lowest BCUT2D eigenvalue weighted by molar-refractivity contribution is 0.592. The number of benzene rings is 4. The molecule has 6 rings (SSSR count). The fraction of sp³-hybridized carbons (Fsp3) is 0.194. The summed E-state index contributed by atoms with van der Waals surface area (Å²) in [5, 5.41) is -0.100. The summed E-state index contributed by atoms with van der Waals surface area (Å²) in [6.07, 6.45) is 14.5. The maximum atomic E-state index is 4.35. The summed E-state index contributed by atoms with van der Waals surface area (Å²) in [5.74, 6) is 0.866. The second kappa shape index (κ2) is 14.0. The maximum absolute atomic E-state index is 4.35. The molecule has 1 saturated carbocycles. The smallest absolute Gasteiger partial charge is 0.212 e. The summed E-state index contributed by atoms with van der Waals surface area (Å²) in [4.78, 5) is 4.35. The Morgan fingerprint density at radius 1 is 0.750 bits per heavy atom. The topological polar surface area (TPSA) is 17.8 Å². The van der Waals surface area contributed by atoms with E-state index in [0.717, 1.165) is 18.3 Å². The predicted molar refractivity (Wildman–Crippen MR) is 175 cm³/mol. The highest BCUT2D eigenvalue weighted by Gasteiger charge is 2.36. The number of imidazole rings is 1. The van der Waals surface area contributed by atoms with Gasteiger partial charge < -0.3 is 4.57 Å². The molecule has 4 aromatic carbocycles. The lowest BCUT2D eigenvalue weighted by Gasteiger charge is -2.36. The maximum Gasteiger partial charge on any atom is 0.212 e. The van der Waals surface area contributed by atoms with E-state index in [2.05, 4.69) is 156 Å². The first kappa shape index (κ1) is 27.7. The summed E-state index contributed by atoms with van der Waals surface area (Å²) < 4.78 is 2.31. The number of hydrogen-bond donors (Lipinski definition) is 0. The van der Waals surface area contributed by atoms with Crippen LogP contribution in [0.25, 0.3) is 0 Å². The Bertz CT molecular complexity index is 1340. The molecule has 0 unspecified atom stereocenters. The van der Waals surface area contributed by atoms with E-state index < -0.39 is 9.52 Å². The third-order valence-corrected chi connectivity index (χ3v) is 10.5. The Balaban J connectivity index is 0.000000174. The molecule has 1 aromatic heterocycles. The highest BCUT2D eigenvalue weighted by molar-refractivity contribution is 6.86. The van der Waals surface area contributed by atoms with Gasteiger partial charge >= 0.3 is 0 Å². The molecule has 0 radical (unpaired) electrons. The lowest BCUT2D eigenvalue weighted by atomic mass is 9.37. The average molecular weight is 539 g/mol. The first-order valence-corrected chi connectivity index (χ1v) is 16.4. The summed E-state index contributed by atoms with van der Waals surface area (Å²) >= 11 is 0.